The number of hydrogen-bond donors (Lipinski definition) is 0. The van der Waals surface area contributed by atoms with Crippen molar-refractivity contribution in [2.75, 3.05) is 0 Å². The standard InChI is InChI=1S/C10H19BO2.C5H10/c1-9(2)10(3,4)13-11(12-9)8-6-5-7-8;1-2-4-5-3-1/h8H,5-7H2,1-4H3;1-5H2. The van der Waals surface area contributed by atoms with Gasteiger partial charge in [-0.05, 0) is 33.5 Å². The highest BCUT2D eigenvalue weighted by Gasteiger charge is 2.54. The zero-order valence-corrected chi connectivity index (χ0v) is 12.6. The molecule has 2 saturated carbocycles. The van der Waals surface area contributed by atoms with Crippen LogP contribution in [-0.2, 0) is 9.31 Å². The van der Waals surface area contributed by atoms with Gasteiger partial charge < -0.3 is 9.31 Å². The van der Waals surface area contributed by atoms with E-state index in [-0.39, 0.29) is 18.3 Å². The Labute approximate surface area is 113 Å². The Morgan fingerprint density at radius 2 is 1.11 bits per heavy atom. The smallest absolute Gasteiger partial charge is 0.403 e. The lowest BCUT2D eigenvalue weighted by Crippen LogP contribution is -2.41. The monoisotopic (exact) mass is 252 g/mol. The molecule has 0 amide bonds. The summed E-state index contributed by atoms with van der Waals surface area (Å²) in [6.07, 6.45) is 11.4. The molecular formula is C15H29BO2. The van der Waals surface area contributed by atoms with Gasteiger partial charge in [-0.25, -0.2) is 0 Å². The van der Waals surface area contributed by atoms with Crippen LogP contribution >= 0.6 is 0 Å². The normalized spacial score (nSPS) is 29.7. The first-order chi connectivity index (χ1) is 8.42. The Balaban J connectivity index is 0.000000202. The molecule has 3 rings (SSSR count). The third-order valence-corrected chi connectivity index (χ3v) is 5.06. The Morgan fingerprint density at radius 1 is 0.722 bits per heavy atom. The molecular weight excluding hydrogens is 223 g/mol. The van der Waals surface area contributed by atoms with Gasteiger partial charge in [-0.3, -0.25) is 0 Å². The van der Waals surface area contributed by atoms with Crippen molar-refractivity contribution in [3.63, 3.8) is 0 Å². The van der Waals surface area contributed by atoms with Gasteiger partial charge in [0.25, 0.3) is 0 Å². The fourth-order valence-electron chi connectivity index (χ4n) is 2.68. The van der Waals surface area contributed by atoms with E-state index in [9.17, 15) is 0 Å². The van der Waals surface area contributed by atoms with Crippen LogP contribution in [0.15, 0.2) is 0 Å². The van der Waals surface area contributed by atoms with Gasteiger partial charge >= 0.3 is 7.12 Å². The summed E-state index contributed by atoms with van der Waals surface area (Å²) in [7, 11) is 0.0544. The van der Waals surface area contributed by atoms with E-state index in [1.165, 1.54) is 51.4 Å². The van der Waals surface area contributed by atoms with Crippen molar-refractivity contribution in [1.29, 1.82) is 0 Å². The molecule has 0 spiro atoms. The van der Waals surface area contributed by atoms with Crippen LogP contribution in [0.2, 0.25) is 5.82 Å². The van der Waals surface area contributed by atoms with E-state index in [2.05, 4.69) is 27.7 Å². The molecule has 0 aromatic carbocycles. The van der Waals surface area contributed by atoms with E-state index >= 15 is 0 Å². The fraction of sp³-hybridized carbons (Fsp3) is 1.00. The lowest BCUT2D eigenvalue weighted by Gasteiger charge is -2.32. The van der Waals surface area contributed by atoms with Gasteiger partial charge in [0.05, 0.1) is 11.2 Å². The maximum absolute atomic E-state index is 5.95. The van der Waals surface area contributed by atoms with E-state index in [0.29, 0.717) is 5.82 Å². The minimum Gasteiger partial charge on any atom is -0.403 e. The van der Waals surface area contributed by atoms with Crippen molar-refractivity contribution in [1.82, 2.24) is 0 Å². The van der Waals surface area contributed by atoms with Crippen molar-refractivity contribution < 1.29 is 9.31 Å². The lowest BCUT2D eigenvalue weighted by molar-refractivity contribution is 0.00578. The molecule has 104 valence electrons. The van der Waals surface area contributed by atoms with Gasteiger partial charge in [0.1, 0.15) is 0 Å². The summed E-state index contributed by atoms with van der Waals surface area (Å²) in [5.41, 5.74) is -0.291. The third-order valence-electron chi connectivity index (χ3n) is 5.06. The van der Waals surface area contributed by atoms with Gasteiger partial charge in [0.2, 0.25) is 0 Å². The van der Waals surface area contributed by atoms with Gasteiger partial charge in [0.15, 0.2) is 0 Å². The van der Waals surface area contributed by atoms with Gasteiger partial charge in [-0.2, -0.15) is 0 Å². The summed E-state index contributed by atoms with van der Waals surface area (Å²) in [4.78, 5) is 0. The third kappa shape index (κ3) is 3.11. The molecule has 1 aliphatic heterocycles. The topological polar surface area (TPSA) is 18.5 Å². The molecule has 0 aromatic rings. The molecule has 0 bridgehead atoms. The maximum atomic E-state index is 5.95. The van der Waals surface area contributed by atoms with Crippen molar-refractivity contribution in [3.8, 4) is 0 Å². The van der Waals surface area contributed by atoms with E-state index in [0.717, 1.165) is 0 Å². The minimum atomic E-state index is -0.146. The molecule has 2 nitrogen and oxygen atoms in total. The summed E-state index contributed by atoms with van der Waals surface area (Å²) < 4.78 is 11.9. The molecule has 1 heterocycles. The Hall–Kier alpha value is -0.0151. The highest BCUT2D eigenvalue weighted by Crippen LogP contribution is 2.45. The lowest BCUT2D eigenvalue weighted by atomic mass is 9.60. The number of rotatable bonds is 1. The number of hydrogen-bond acceptors (Lipinski definition) is 2. The van der Waals surface area contributed by atoms with Crippen LogP contribution in [-0.4, -0.2) is 18.3 Å². The second-order valence-corrected chi connectivity index (χ2v) is 7.08. The largest absolute Gasteiger partial charge is 0.461 e. The molecule has 0 aromatic heterocycles. The summed E-state index contributed by atoms with van der Waals surface area (Å²) in [6, 6.07) is 0. The second kappa shape index (κ2) is 5.54. The quantitative estimate of drug-likeness (QED) is 0.636. The maximum Gasteiger partial charge on any atom is 0.461 e. The molecule has 0 radical (unpaired) electrons. The van der Waals surface area contributed by atoms with Crippen LogP contribution in [0.5, 0.6) is 0 Å². The highest BCUT2D eigenvalue weighted by molar-refractivity contribution is 6.47. The van der Waals surface area contributed by atoms with Crippen molar-refractivity contribution >= 4 is 7.12 Å². The minimum absolute atomic E-state index is 0.0544. The molecule has 0 atom stereocenters. The van der Waals surface area contributed by atoms with E-state index in [1.807, 2.05) is 0 Å². The average molecular weight is 252 g/mol. The molecule has 18 heavy (non-hydrogen) atoms. The summed E-state index contributed by atoms with van der Waals surface area (Å²) in [5.74, 6) is 0.654. The van der Waals surface area contributed by atoms with Gasteiger partial charge in [-0.1, -0.05) is 51.4 Å². The Bertz CT molecular complexity index is 244. The molecule has 0 unspecified atom stereocenters. The van der Waals surface area contributed by atoms with Crippen LogP contribution in [0.25, 0.3) is 0 Å². The first kappa shape index (κ1) is 14.4. The van der Waals surface area contributed by atoms with Crippen LogP contribution in [0.1, 0.15) is 79.1 Å². The van der Waals surface area contributed by atoms with Gasteiger partial charge in [-0.15, -0.1) is 0 Å². The van der Waals surface area contributed by atoms with Crippen LogP contribution in [0.3, 0.4) is 0 Å². The fourth-order valence-corrected chi connectivity index (χ4v) is 2.68. The van der Waals surface area contributed by atoms with Crippen molar-refractivity contribution in [2.24, 2.45) is 0 Å². The van der Waals surface area contributed by atoms with Crippen molar-refractivity contribution in [2.45, 2.75) is 96.1 Å². The molecule has 2 aliphatic carbocycles. The second-order valence-electron chi connectivity index (χ2n) is 7.08. The zero-order chi connectivity index (χ0) is 13.2. The molecule has 3 heteroatoms. The first-order valence-electron chi connectivity index (χ1n) is 7.78. The summed E-state index contributed by atoms with van der Waals surface area (Å²) in [5, 5.41) is 0. The first-order valence-corrected chi connectivity index (χ1v) is 7.78. The molecule has 0 N–H and O–H groups in total. The summed E-state index contributed by atoms with van der Waals surface area (Å²) >= 11 is 0. The highest BCUT2D eigenvalue weighted by atomic mass is 16.7. The van der Waals surface area contributed by atoms with E-state index in [4.69, 9.17) is 9.31 Å². The van der Waals surface area contributed by atoms with Crippen LogP contribution in [0.4, 0.5) is 0 Å². The molecule has 1 saturated heterocycles. The predicted octanol–water partition coefficient (Wildman–Crippen LogP) is 4.58. The Kier molecular flexibility index (Phi) is 4.43. The van der Waals surface area contributed by atoms with Crippen molar-refractivity contribution in [3.05, 3.63) is 0 Å². The summed E-state index contributed by atoms with van der Waals surface area (Å²) in [6.45, 7) is 8.47. The molecule has 3 aliphatic rings. The average Bonchev–Trinajstić information content (AvgIpc) is 2.74. The van der Waals surface area contributed by atoms with Gasteiger partial charge in [0, 0.05) is 0 Å². The SMILES string of the molecule is C1CCCC1.CC1(C)OB(C2CCC2)OC1(C)C. The zero-order valence-electron chi connectivity index (χ0n) is 12.6. The Morgan fingerprint density at radius 3 is 1.39 bits per heavy atom. The molecule has 3 fully saturated rings. The predicted molar refractivity (Wildman–Crippen MR) is 76.8 cm³/mol. The van der Waals surface area contributed by atoms with Crippen LogP contribution in [0, 0.1) is 0 Å². The van der Waals surface area contributed by atoms with E-state index < -0.39 is 0 Å². The van der Waals surface area contributed by atoms with E-state index in [1.54, 1.807) is 0 Å². The van der Waals surface area contributed by atoms with Crippen LogP contribution < -0.4 is 0 Å².